The van der Waals surface area contributed by atoms with E-state index >= 15 is 0 Å². The molecule has 1 aromatic rings. The van der Waals surface area contributed by atoms with E-state index in [1.54, 1.807) is 32.0 Å². The number of thioether (sulfide) groups is 1. The molecule has 4 atom stereocenters. The quantitative estimate of drug-likeness (QED) is 0.215. The summed E-state index contributed by atoms with van der Waals surface area (Å²) in [5.41, 5.74) is 0.309. The van der Waals surface area contributed by atoms with Gasteiger partial charge >= 0.3 is 22.3 Å². The predicted molar refractivity (Wildman–Crippen MR) is 107 cm³/mol. The Kier molecular flexibility index (Phi) is 7.00. The highest BCUT2D eigenvalue weighted by molar-refractivity contribution is 8.01. The summed E-state index contributed by atoms with van der Waals surface area (Å²) in [7, 11) is -4.67. The minimum atomic E-state index is -4.67. The number of amides is 2. The van der Waals surface area contributed by atoms with Gasteiger partial charge in [0, 0.05) is 4.75 Å². The van der Waals surface area contributed by atoms with E-state index in [-0.39, 0.29) is 0 Å². The van der Waals surface area contributed by atoms with Gasteiger partial charge in [0.25, 0.3) is 0 Å². The molecule has 2 fully saturated rings. The number of carboxylic acid groups (broad SMARTS) is 2. The monoisotopic (exact) mass is 476 g/mol. The zero-order chi connectivity index (χ0) is 23.7. The number of nitrogens with one attached hydrogen (secondary N) is 1. The first kappa shape index (κ1) is 24.6. The van der Waals surface area contributed by atoms with E-state index in [0.29, 0.717) is 5.56 Å². The van der Waals surface area contributed by atoms with Crippen molar-refractivity contribution in [3.63, 3.8) is 0 Å². The molecule has 2 aliphatic heterocycles. The van der Waals surface area contributed by atoms with Gasteiger partial charge in [-0.2, -0.15) is 8.42 Å². The van der Waals surface area contributed by atoms with Gasteiger partial charge in [-0.1, -0.05) is 30.3 Å². The van der Waals surface area contributed by atoms with Gasteiger partial charge in [0.05, 0.1) is 0 Å². The van der Waals surface area contributed by atoms with E-state index in [4.69, 9.17) is 17.5 Å². The summed E-state index contributed by atoms with van der Waals surface area (Å²) in [6, 6.07) is 6.10. The third kappa shape index (κ3) is 5.52. The molecule has 0 aromatic heterocycles. The van der Waals surface area contributed by atoms with E-state index in [1.165, 1.54) is 28.8 Å². The van der Waals surface area contributed by atoms with Crippen LogP contribution in [0.3, 0.4) is 0 Å². The second-order valence-corrected chi connectivity index (χ2v) is 9.88. The van der Waals surface area contributed by atoms with Gasteiger partial charge in [-0.15, -0.1) is 11.8 Å². The minimum Gasteiger partial charge on any atom is -0.480 e. The average molecular weight is 476 g/mol. The van der Waals surface area contributed by atoms with Gasteiger partial charge in [-0.3, -0.25) is 23.5 Å². The van der Waals surface area contributed by atoms with E-state index in [2.05, 4.69) is 5.32 Å². The largest absolute Gasteiger partial charge is 0.480 e. The zero-order valence-corrected chi connectivity index (χ0v) is 17.8. The van der Waals surface area contributed by atoms with Crippen LogP contribution in [0.15, 0.2) is 30.3 Å². The smallest absolute Gasteiger partial charge is 0.394 e. The Bertz CT molecular complexity index is 987. The highest BCUT2D eigenvalue weighted by Gasteiger charge is 2.64. The summed E-state index contributed by atoms with van der Waals surface area (Å²) in [4.78, 5) is 49.2. The van der Waals surface area contributed by atoms with Crippen LogP contribution in [-0.4, -0.2) is 78.6 Å². The number of carbonyl (C=O) groups is 4. The molecule has 0 spiro atoms. The lowest BCUT2D eigenvalue weighted by atomic mass is 9.94. The van der Waals surface area contributed by atoms with Crippen molar-refractivity contribution in [2.24, 2.45) is 0 Å². The van der Waals surface area contributed by atoms with Gasteiger partial charge in [0.1, 0.15) is 17.5 Å². The van der Waals surface area contributed by atoms with Crippen molar-refractivity contribution in [3.8, 4) is 0 Å². The normalized spacial score (nSPS) is 24.7. The number of rotatable bonds is 5. The maximum absolute atomic E-state index is 12.5. The van der Waals surface area contributed by atoms with Gasteiger partial charge in [-0.25, -0.2) is 4.79 Å². The minimum absolute atomic E-state index is 0.309. The SMILES string of the molecule is CC1(C)S[C@@H]2[C@H](NC(=O)C(C(=O)O)c3ccccc3)C(=O)N2[C@H]1C(=O)O.O=S(=O)(O)O. The number of carbonyl (C=O) groups excluding carboxylic acids is 2. The topological polar surface area (TPSA) is 199 Å². The molecule has 1 unspecified atom stereocenters. The maximum Gasteiger partial charge on any atom is 0.394 e. The number of carboxylic acids is 2. The molecule has 2 amide bonds. The Balaban J connectivity index is 0.000000614. The van der Waals surface area contributed by atoms with Crippen LogP contribution in [0.4, 0.5) is 0 Å². The fourth-order valence-electron chi connectivity index (χ4n) is 3.43. The van der Waals surface area contributed by atoms with Gasteiger partial charge in [0.15, 0.2) is 5.92 Å². The molecule has 170 valence electrons. The number of hydrogen-bond acceptors (Lipinski definition) is 7. The third-order valence-electron chi connectivity index (χ3n) is 4.61. The number of aliphatic carboxylic acids is 2. The zero-order valence-electron chi connectivity index (χ0n) is 16.2. The van der Waals surface area contributed by atoms with Crippen LogP contribution in [0.1, 0.15) is 25.3 Å². The molecule has 5 N–H and O–H groups in total. The molecule has 12 nitrogen and oxygen atoms in total. The molecule has 0 bridgehead atoms. The fraction of sp³-hybridized carbons (Fsp3) is 0.412. The molecule has 3 rings (SSSR count). The van der Waals surface area contributed by atoms with Gasteiger partial charge in [-0.05, 0) is 19.4 Å². The second kappa shape index (κ2) is 8.82. The number of benzene rings is 1. The first-order valence-electron chi connectivity index (χ1n) is 8.66. The summed E-state index contributed by atoms with van der Waals surface area (Å²) < 4.78 is 30.9. The molecule has 0 aliphatic carbocycles. The molecule has 0 saturated carbocycles. The first-order chi connectivity index (χ1) is 14.1. The molecule has 2 aliphatic rings. The molecule has 14 heteroatoms. The van der Waals surface area contributed by atoms with Crippen molar-refractivity contribution in [1.82, 2.24) is 10.2 Å². The molecule has 2 heterocycles. The van der Waals surface area contributed by atoms with E-state index in [1.807, 2.05) is 0 Å². The summed E-state index contributed by atoms with van der Waals surface area (Å²) in [5, 5.41) is 20.8. The Hall–Kier alpha value is -2.68. The van der Waals surface area contributed by atoms with Crippen LogP contribution in [0.5, 0.6) is 0 Å². The van der Waals surface area contributed by atoms with E-state index < -0.39 is 62.3 Å². The van der Waals surface area contributed by atoms with Crippen LogP contribution in [0, 0.1) is 0 Å². The maximum atomic E-state index is 12.5. The summed E-state index contributed by atoms with van der Waals surface area (Å²) in [6.45, 7) is 3.45. The Morgan fingerprint density at radius 1 is 1.13 bits per heavy atom. The van der Waals surface area contributed by atoms with Crippen molar-refractivity contribution in [1.29, 1.82) is 0 Å². The number of β-lactam (4-membered cyclic amide) rings is 1. The molecule has 1 aromatic carbocycles. The number of fused-ring (bicyclic) bond motifs is 1. The van der Waals surface area contributed by atoms with Crippen LogP contribution in [0.2, 0.25) is 0 Å². The molecular formula is C17H20N2O10S2. The Labute approximate surface area is 181 Å². The van der Waals surface area contributed by atoms with E-state index in [0.717, 1.165) is 0 Å². The average Bonchev–Trinajstić information content (AvgIpc) is 2.87. The predicted octanol–water partition coefficient (Wildman–Crippen LogP) is -0.166. The molecule has 0 radical (unpaired) electrons. The standard InChI is InChI=1S/C17H18N2O6S.H2O4S/c1-17(2)11(16(24)25)19-13(21)10(14(19)26-17)18-12(20)9(15(22)23)8-6-4-3-5-7-8;1-5(2,3)4/h3-7,9-11,14H,1-2H3,(H,18,20)(H,22,23)(H,24,25);(H2,1,2,3,4)/t9?,10-,11+,14-;/m1./s1. The Morgan fingerprint density at radius 2 is 1.65 bits per heavy atom. The van der Waals surface area contributed by atoms with Crippen molar-refractivity contribution < 1.29 is 46.9 Å². The summed E-state index contributed by atoms with van der Waals surface area (Å²) in [6.07, 6.45) is 0. The highest BCUT2D eigenvalue weighted by atomic mass is 32.3. The molecule has 31 heavy (non-hydrogen) atoms. The number of nitrogens with zero attached hydrogens (tertiary/aromatic N) is 1. The van der Waals surface area contributed by atoms with Gasteiger partial charge in [0.2, 0.25) is 11.8 Å². The lowest BCUT2D eigenvalue weighted by Crippen LogP contribution is -2.71. The van der Waals surface area contributed by atoms with Crippen LogP contribution < -0.4 is 5.32 Å². The lowest BCUT2D eigenvalue weighted by Gasteiger charge is -2.43. The van der Waals surface area contributed by atoms with Crippen molar-refractivity contribution >= 4 is 45.9 Å². The van der Waals surface area contributed by atoms with Crippen molar-refractivity contribution in [3.05, 3.63) is 35.9 Å². The fourth-order valence-corrected chi connectivity index (χ4v) is 5.06. The summed E-state index contributed by atoms with van der Waals surface area (Å²) in [5.74, 6) is -5.16. The van der Waals surface area contributed by atoms with E-state index in [9.17, 15) is 29.4 Å². The second-order valence-electron chi connectivity index (χ2n) is 7.21. The van der Waals surface area contributed by atoms with Gasteiger partial charge < -0.3 is 20.4 Å². The first-order valence-corrected chi connectivity index (χ1v) is 10.9. The number of hydrogen-bond donors (Lipinski definition) is 5. The lowest BCUT2D eigenvalue weighted by molar-refractivity contribution is -0.161. The van der Waals surface area contributed by atoms with Crippen LogP contribution in [-0.2, 0) is 29.6 Å². The molecular weight excluding hydrogens is 456 g/mol. The Morgan fingerprint density at radius 3 is 2.10 bits per heavy atom. The van der Waals surface area contributed by atoms with Crippen LogP contribution >= 0.6 is 11.8 Å². The van der Waals surface area contributed by atoms with Crippen molar-refractivity contribution in [2.45, 2.75) is 42.0 Å². The third-order valence-corrected chi connectivity index (χ3v) is 6.19. The molecule has 2 saturated heterocycles. The van der Waals surface area contributed by atoms with Crippen molar-refractivity contribution in [2.75, 3.05) is 0 Å². The highest BCUT2D eigenvalue weighted by Crippen LogP contribution is 2.50. The summed E-state index contributed by atoms with van der Waals surface area (Å²) >= 11 is 1.29. The van der Waals surface area contributed by atoms with Crippen LogP contribution in [0.25, 0.3) is 0 Å².